The first-order valence-corrected chi connectivity index (χ1v) is 6.78. The highest BCUT2D eigenvalue weighted by Gasteiger charge is 2.44. The normalized spacial score (nSPS) is 47.4. The van der Waals surface area contributed by atoms with Gasteiger partial charge in [0.05, 0.1) is 12.8 Å². The second kappa shape index (κ2) is 3.79. The van der Waals surface area contributed by atoms with Crippen molar-refractivity contribution in [1.82, 2.24) is 0 Å². The van der Waals surface area contributed by atoms with Gasteiger partial charge in [-0.3, -0.25) is 0 Å². The Bertz CT molecular complexity index is 174. The van der Waals surface area contributed by atoms with E-state index in [1.54, 1.807) is 25.7 Å². The van der Waals surface area contributed by atoms with Crippen molar-refractivity contribution in [2.45, 2.75) is 57.8 Å². The van der Waals surface area contributed by atoms with Gasteiger partial charge in [-0.05, 0) is 43.9 Å². The van der Waals surface area contributed by atoms with Crippen molar-refractivity contribution in [3.8, 4) is 0 Å². The van der Waals surface area contributed by atoms with Crippen LogP contribution >= 0.6 is 0 Å². The van der Waals surface area contributed by atoms with E-state index in [1.807, 2.05) is 0 Å². The van der Waals surface area contributed by atoms with Gasteiger partial charge in [0.2, 0.25) is 0 Å². The zero-order valence-electron chi connectivity index (χ0n) is 9.25. The highest BCUT2D eigenvalue weighted by atomic mass is 14.5. The van der Waals surface area contributed by atoms with Crippen LogP contribution in [0.3, 0.4) is 0 Å². The van der Waals surface area contributed by atoms with E-state index in [4.69, 9.17) is 0 Å². The minimum Gasteiger partial charge on any atom is -0.0530 e. The van der Waals surface area contributed by atoms with E-state index in [0.717, 1.165) is 23.7 Å². The van der Waals surface area contributed by atoms with Crippen LogP contribution in [0.2, 0.25) is 0 Å². The maximum absolute atomic E-state index is 2.67. The Hall–Kier alpha value is -0.130. The summed E-state index contributed by atoms with van der Waals surface area (Å²) >= 11 is 0. The standard InChI is InChI=1S/C14H23/c1-3-7-13-11(5-1)9-10-12-6-2-4-8-14(12)13/h5,11-14H,1-4,6-10H2/q+1. The number of rotatable bonds is 0. The average Bonchev–Trinajstić information content (AvgIpc) is 2.29. The lowest BCUT2D eigenvalue weighted by Crippen LogP contribution is -2.38. The van der Waals surface area contributed by atoms with Gasteiger partial charge < -0.3 is 0 Å². The van der Waals surface area contributed by atoms with E-state index in [2.05, 4.69) is 6.42 Å². The molecule has 3 fully saturated rings. The van der Waals surface area contributed by atoms with Gasteiger partial charge in [-0.25, -0.2) is 0 Å². The summed E-state index contributed by atoms with van der Waals surface area (Å²) in [4.78, 5) is 0. The summed E-state index contributed by atoms with van der Waals surface area (Å²) in [6.07, 6.45) is 16.4. The molecule has 0 heterocycles. The summed E-state index contributed by atoms with van der Waals surface area (Å²) in [5, 5.41) is 0. The van der Waals surface area contributed by atoms with Crippen molar-refractivity contribution in [2.24, 2.45) is 23.7 Å². The molecule has 4 unspecified atom stereocenters. The smallest absolute Gasteiger partial charge is 0.0530 e. The molecule has 0 aliphatic heterocycles. The maximum Gasteiger partial charge on any atom is 0.101 e. The van der Waals surface area contributed by atoms with Gasteiger partial charge in [-0.1, -0.05) is 19.3 Å². The van der Waals surface area contributed by atoms with Crippen LogP contribution < -0.4 is 0 Å². The van der Waals surface area contributed by atoms with Gasteiger partial charge >= 0.3 is 0 Å². The van der Waals surface area contributed by atoms with Crippen molar-refractivity contribution in [2.75, 3.05) is 0 Å². The summed E-state index contributed by atoms with van der Waals surface area (Å²) in [5.41, 5.74) is 0. The molecule has 3 aliphatic carbocycles. The molecule has 3 saturated carbocycles. The maximum atomic E-state index is 2.67. The summed E-state index contributed by atoms with van der Waals surface area (Å²) < 4.78 is 0. The SMILES string of the molecule is [CH+]1CCCC2C1CCC1CCCCC12. The van der Waals surface area contributed by atoms with Crippen molar-refractivity contribution >= 4 is 0 Å². The minimum atomic E-state index is 1.03. The van der Waals surface area contributed by atoms with Crippen LogP contribution in [0, 0.1) is 30.1 Å². The van der Waals surface area contributed by atoms with Crippen LogP contribution in [0.1, 0.15) is 57.8 Å². The molecule has 14 heavy (non-hydrogen) atoms. The highest BCUT2D eigenvalue weighted by molar-refractivity contribution is 4.96. The summed E-state index contributed by atoms with van der Waals surface area (Å²) in [5.74, 6) is 4.42. The lowest BCUT2D eigenvalue weighted by atomic mass is 9.58. The van der Waals surface area contributed by atoms with Crippen LogP contribution in [0.25, 0.3) is 0 Å². The fourth-order valence-electron chi connectivity index (χ4n) is 4.50. The Morgan fingerprint density at radius 1 is 0.714 bits per heavy atom. The molecule has 0 N–H and O–H groups in total. The second-order valence-corrected chi connectivity index (χ2v) is 5.78. The number of hydrogen-bond acceptors (Lipinski definition) is 0. The van der Waals surface area contributed by atoms with Crippen molar-refractivity contribution in [3.05, 3.63) is 6.42 Å². The van der Waals surface area contributed by atoms with Crippen LogP contribution in [0.4, 0.5) is 0 Å². The quantitative estimate of drug-likeness (QED) is 0.503. The predicted molar refractivity (Wildman–Crippen MR) is 59.8 cm³/mol. The molecule has 0 aromatic carbocycles. The Balaban J connectivity index is 1.74. The molecule has 0 radical (unpaired) electrons. The summed E-state index contributed by atoms with van der Waals surface area (Å²) in [6.45, 7) is 0. The molecule has 3 rings (SSSR count). The average molecular weight is 191 g/mol. The van der Waals surface area contributed by atoms with Gasteiger partial charge in [0.1, 0.15) is 5.92 Å². The fourth-order valence-corrected chi connectivity index (χ4v) is 4.50. The molecule has 0 spiro atoms. The predicted octanol–water partition coefficient (Wildman–Crippen LogP) is 4.21. The summed E-state index contributed by atoms with van der Waals surface area (Å²) in [7, 11) is 0. The third-order valence-corrected chi connectivity index (χ3v) is 5.15. The van der Waals surface area contributed by atoms with Gasteiger partial charge in [0.15, 0.2) is 0 Å². The van der Waals surface area contributed by atoms with E-state index in [9.17, 15) is 0 Å². The highest BCUT2D eigenvalue weighted by Crippen LogP contribution is 2.50. The van der Waals surface area contributed by atoms with E-state index in [-0.39, 0.29) is 0 Å². The molecule has 4 atom stereocenters. The first kappa shape index (κ1) is 9.12. The van der Waals surface area contributed by atoms with Gasteiger partial charge in [-0.15, -0.1) is 0 Å². The third-order valence-electron chi connectivity index (χ3n) is 5.15. The van der Waals surface area contributed by atoms with E-state index < -0.39 is 0 Å². The number of hydrogen-bond donors (Lipinski definition) is 0. The zero-order valence-corrected chi connectivity index (χ0v) is 9.25. The molecule has 0 aromatic rings. The molecular weight excluding hydrogens is 168 g/mol. The molecule has 0 aromatic heterocycles. The minimum absolute atomic E-state index is 1.03. The Morgan fingerprint density at radius 3 is 2.57 bits per heavy atom. The lowest BCUT2D eigenvalue weighted by molar-refractivity contribution is 0.0488. The van der Waals surface area contributed by atoms with Gasteiger partial charge in [-0.2, -0.15) is 0 Å². The van der Waals surface area contributed by atoms with Crippen LogP contribution in [0.5, 0.6) is 0 Å². The largest absolute Gasteiger partial charge is 0.101 e. The van der Waals surface area contributed by atoms with Crippen molar-refractivity contribution in [1.29, 1.82) is 0 Å². The lowest BCUT2D eigenvalue weighted by Gasteiger charge is -2.44. The molecule has 0 saturated heterocycles. The Morgan fingerprint density at radius 2 is 1.57 bits per heavy atom. The number of fused-ring (bicyclic) bond motifs is 3. The van der Waals surface area contributed by atoms with Crippen molar-refractivity contribution in [3.63, 3.8) is 0 Å². The zero-order chi connectivity index (χ0) is 9.38. The monoisotopic (exact) mass is 191 g/mol. The topological polar surface area (TPSA) is 0 Å². The molecule has 0 bridgehead atoms. The van der Waals surface area contributed by atoms with Gasteiger partial charge in [0, 0.05) is 5.92 Å². The third kappa shape index (κ3) is 1.47. The van der Waals surface area contributed by atoms with Crippen LogP contribution in [-0.4, -0.2) is 0 Å². The van der Waals surface area contributed by atoms with E-state index in [0.29, 0.717) is 0 Å². The van der Waals surface area contributed by atoms with Crippen LogP contribution in [-0.2, 0) is 0 Å². The molecular formula is C14H23+. The molecule has 0 heteroatoms. The van der Waals surface area contributed by atoms with Crippen LogP contribution in [0.15, 0.2) is 0 Å². The van der Waals surface area contributed by atoms with Crippen molar-refractivity contribution < 1.29 is 0 Å². The Labute approximate surface area is 88.5 Å². The molecule has 0 nitrogen and oxygen atoms in total. The van der Waals surface area contributed by atoms with E-state index in [1.165, 1.54) is 32.1 Å². The first-order valence-electron chi connectivity index (χ1n) is 6.78. The second-order valence-electron chi connectivity index (χ2n) is 5.78. The first-order chi connectivity index (χ1) is 6.95. The van der Waals surface area contributed by atoms with Gasteiger partial charge in [0.25, 0.3) is 0 Å². The molecule has 78 valence electrons. The summed E-state index contributed by atoms with van der Waals surface area (Å²) in [6, 6.07) is 0. The van der Waals surface area contributed by atoms with E-state index >= 15 is 0 Å². The molecule has 0 amide bonds. The Kier molecular flexibility index (Phi) is 2.47. The fraction of sp³-hybridized carbons (Fsp3) is 0.929. The molecule has 3 aliphatic rings.